The van der Waals surface area contributed by atoms with Gasteiger partial charge in [0.1, 0.15) is 12.4 Å². The van der Waals surface area contributed by atoms with Crippen LogP contribution < -0.4 is 0 Å². The summed E-state index contributed by atoms with van der Waals surface area (Å²) in [5.74, 6) is -0.148. The molecule has 4 aromatic rings. The number of rotatable bonds is 10. The largest absolute Gasteiger partial charge is 0.345 e. The van der Waals surface area contributed by atoms with E-state index in [-0.39, 0.29) is 36.1 Å². The Labute approximate surface area is 242 Å². The summed E-state index contributed by atoms with van der Waals surface area (Å²) in [5.41, 5.74) is 2.64. The van der Waals surface area contributed by atoms with Crippen molar-refractivity contribution in [2.45, 2.75) is 65.1 Å². The highest BCUT2D eigenvalue weighted by molar-refractivity contribution is 6.00. The fraction of sp³-hybridized carbons (Fsp3) is 0.371. The molecule has 41 heavy (non-hydrogen) atoms. The van der Waals surface area contributed by atoms with Crippen LogP contribution in [0.3, 0.4) is 0 Å². The van der Waals surface area contributed by atoms with Gasteiger partial charge in [0.05, 0.1) is 6.54 Å². The first-order valence-electron chi connectivity index (χ1n) is 14.8. The van der Waals surface area contributed by atoms with Crippen LogP contribution in [0.4, 0.5) is 4.39 Å². The van der Waals surface area contributed by atoms with Crippen LogP contribution >= 0.6 is 0 Å². The van der Waals surface area contributed by atoms with Crippen LogP contribution in [0.25, 0.3) is 10.8 Å². The smallest absolute Gasteiger partial charge is 0.254 e. The number of aromatic nitrogens is 1. The topological polar surface area (TPSA) is 45.6 Å². The summed E-state index contributed by atoms with van der Waals surface area (Å²) >= 11 is 0. The molecule has 1 saturated carbocycles. The lowest BCUT2D eigenvalue weighted by Crippen LogP contribution is -2.48. The van der Waals surface area contributed by atoms with Gasteiger partial charge in [-0.2, -0.15) is 0 Å². The zero-order valence-electron chi connectivity index (χ0n) is 24.1. The fourth-order valence-corrected chi connectivity index (χ4v) is 5.94. The van der Waals surface area contributed by atoms with E-state index in [4.69, 9.17) is 0 Å². The monoisotopic (exact) mass is 553 g/mol. The second-order valence-corrected chi connectivity index (χ2v) is 11.7. The first kappa shape index (κ1) is 28.6. The third-order valence-electron chi connectivity index (χ3n) is 8.05. The summed E-state index contributed by atoms with van der Waals surface area (Å²) in [6, 6.07) is 24.5. The van der Waals surface area contributed by atoms with Gasteiger partial charge in [0.15, 0.2) is 0 Å². The number of carbonyl (C=O) groups excluding carboxylic acids is 2. The molecule has 0 bridgehead atoms. The van der Waals surface area contributed by atoms with Gasteiger partial charge < -0.3 is 14.4 Å². The minimum absolute atomic E-state index is 0.0128. The Morgan fingerprint density at radius 1 is 0.902 bits per heavy atom. The van der Waals surface area contributed by atoms with Gasteiger partial charge in [0, 0.05) is 36.6 Å². The summed E-state index contributed by atoms with van der Waals surface area (Å²) in [7, 11) is 0. The van der Waals surface area contributed by atoms with E-state index in [9.17, 15) is 14.0 Å². The summed E-state index contributed by atoms with van der Waals surface area (Å²) in [6.45, 7) is 5.81. The summed E-state index contributed by atoms with van der Waals surface area (Å²) in [5, 5.41) is 2.10. The zero-order chi connectivity index (χ0) is 28.8. The van der Waals surface area contributed by atoms with E-state index in [0.717, 1.165) is 47.7 Å². The highest BCUT2D eigenvalue weighted by atomic mass is 19.1. The van der Waals surface area contributed by atoms with E-state index in [1.807, 2.05) is 59.6 Å². The molecule has 1 heterocycles. The van der Waals surface area contributed by atoms with Gasteiger partial charge in [-0.05, 0) is 71.5 Å². The van der Waals surface area contributed by atoms with Gasteiger partial charge >= 0.3 is 0 Å². The molecule has 2 amide bonds. The zero-order valence-corrected chi connectivity index (χ0v) is 24.1. The molecule has 5 nitrogen and oxygen atoms in total. The van der Waals surface area contributed by atoms with Crippen LogP contribution in [0.15, 0.2) is 85.1 Å². The van der Waals surface area contributed by atoms with E-state index < -0.39 is 0 Å². The van der Waals surface area contributed by atoms with Crippen LogP contribution in [-0.2, 0) is 17.9 Å². The first-order chi connectivity index (χ1) is 19.9. The second-order valence-electron chi connectivity index (χ2n) is 11.7. The van der Waals surface area contributed by atoms with E-state index in [1.165, 1.54) is 18.6 Å². The quantitative estimate of drug-likeness (QED) is 0.207. The van der Waals surface area contributed by atoms with Crippen molar-refractivity contribution in [3.8, 4) is 0 Å². The Balaban J connectivity index is 1.37. The molecule has 0 saturated heterocycles. The number of halogens is 1. The van der Waals surface area contributed by atoms with Crippen molar-refractivity contribution in [2.24, 2.45) is 5.92 Å². The maximum absolute atomic E-state index is 14.1. The molecule has 0 N–H and O–H groups in total. The van der Waals surface area contributed by atoms with Crippen LogP contribution in [0.2, 0.25) is 0 Å². The predicted molar refractivity (Wildman–Crippen MR) is 162 cm³/mol. The van der Waals surface area contributed by atoms with Gasteiger partial charge in [-0.15, -0.1) is 0 Å². The van der Waals surface area contributed by atoms with E-state index in [2.05, 4.69) is 24.5 Å². The van der Waals surface area contributed by atoms with Gasteiger partial charge in [0.2, 0.25) is 5.91 Å². The number of nitrogens with zero attached hydrogens (tertiary/aromatic N) is 3. The van der Waals surface area contributed by atoms with E-state index in [0.29, 0.717) is 25.2 Å². The maximum atomic E-state index is 14.1. The Bertz CT molecular complexity index is 1470. The molecule has 0 atom stereocenters. The number of amides is 2. The average Bonchev–Trinajstić information content (AvgIpc) is 3.42. The van der Waals surface area contributed by atoms with Crippen LogP contribution in [0, 0.1) is 11.7 Å². The van der Waals surface area contributed by atoms with Crippen LogP contribution in [-0.4, -0.2) is 45.3 Å². The van der Waals surface area contributed by atoms with Crippen LogP contribution in [0.1, 0.15) is 67.6 Å². The SMILES string of the molecule is CC(C)CN(CC(=O)N(Cc1cccn1Cc1ccc(F)cc1)C1CCCCC1)C(=O)c1ccc2ccccc2c1. The Kier molecular flexibility index (Phi) is 9.17. The molecule has 1 aliphatic carbocycles. The van der Waals surface area contributed by atoms with Gasteiger partial charge in [-0.1, -0.05) is 75.6 Å². The highest BCUT2D eigenvalue weighted by Gasteiger charge is 2.29. The van der Waals surface area contributed by atoms with Gasteiger partial charge in [-0.3, -0.25) is 9.59 Å². The van der Waals surface area contributed by atoms with Crippen molar-refractivity contribution >= 4 is 22.6 Å². The molecule has 0 radical (unpaired) electrons. The summed E-state index contributed by atoms with van der Waals surface area (Å²) < 4.78 is 15.6. The molecule has 214 valence electrons. The molecule has 3 aromatic carbocycles. The fourth-order valence-electron chi connectivity index (χ4n) is 5.94. The number of carbonyl (C=O) groups is 2. The molecule has 0 aliphatic heterocycles. The molecule has 1 aliphatic rings. The first-order valence-corrected chi connectivity index (χ1v) is 14.8. The van der Waals surface area contributed by atoms with Crippen molar-refractivity contribution in [3.05, 3.63) is 108 Å². The standard InChI is InChI=1S/C35H40FN3O2/c1-26(2)22-38(35(41)30-17-16-28-9-6-7-10-29(28)21-30)25-34(40)39(32-11-4-3-5-12-32)24-33-13-8-20-37(33)23-27-14-18-31(36)19-15-27/h6-10,13-21,26,32H,3-5,11-12,22-25H2,1-2H3. The van der Waals surface area contributed by atoms with Crippen molar-refractivity contribution in [2.75, 3.05) is 13.1 Å². The molecule has 6 heteroatoms. The van der Waals surface area contributed by atoms with Crippen molar-refractivity contribution in [1.82, 2.24) is 14.4 Å². The Morgan fingerprint density at radius 2 is 1.63 bits per heavy atom. The minimum Gasteiger partial charge on any atom is -0.345 e. The van der Waals surface area contributed by atoms with Gasteiger partial charge in [-0.25, -0.2) is 4.39 Å². The Hall–Kier alpha value is -3.93. The lowest BCUT2D eigenvalue weighted by Gasteiger charge is -2.36. The number of fused-ring (bicyclic) bond motifs is 1. The Morgan fingerprint density at radius 3 is 2.37 bits per heavy atom. The molecule has 0 unspecified atom stereocenters. The molecular formula is C35H40FN3O2. The van der Waals surface area contributed by atoms with Gasteiger partial charge in [0.25, 0.3) is 5.91 Å². The lowest BCUT2D eigenvalue weighted by molar-refractivity contribution is -0.135. The average molecular weight is 554 g/mol. The number of hydrogen-bond donors (Lipinski definition) is 0. The molecule has 5 rings (SSSR count). The molecular weight excluding hydrogens is 513 g/mol. The summed E-state index contributed by atoms with van der Waals surface area (Å²) in [6.07, 6.45) is 7.38. The normalized spacial score (nSPS) is 14.0. The van der Waals surface area contributed by atoms with Crippen molar-refractivity contribution in [1.29, 1.82) is 0 Å². The number of hydrogen-bond acceptors (Lipinski definition) is 2. The third-order valence-corrected chi connectivity index (χ3v) is 8.05. The lowest BCUT2D eigenvalue weighted by atomic mass is 9.94. The highest BCUT2D eigenvalue weighted by Crippen LogP contribution is 2.26. The molecule has 0 spiro atoms. The number of benzene rings is 3. The third kappa shape index (κ3) is 7.24. The maximum Gasteiger partial charge on any atom is 0.254 e. The minimum atomic E-state index is -0.250. The van der Waals surface area contributed by atoms with Crippen molar-refractivity contribution < 1.29 is 14.0 Å². The second kappa shape index (κ2) is 13.2. The van der Waals surface area contributed by atoms with E-state index >= 15 is 0 Å². The summed E-state index contributed by atoms with van der Waals surface area (Å²) in [4.78, 5) is 31.6. The van der Waals surface area contributed by atoms with Crippen molar-refractivity contribution in [3.63, 3.8) is 0 Å². The van der Waals surface area contributed by atoms with E-state index in [1.54, 1.807) is 17.0 Å². The molecule has 1 fully saturated rings. The molecule has 1 aromatic heterocycles. The predicted octanol–water partition coefficient (Wildman–Crippen LogP) is 7.29. The van der Waals surface area contributed by atoms with Crippen LogP contribution in [0.5, 0.6) is 0 Å².